The van der Waals surface area contributed by atoms with E-state index in [-0.39, 0.29) is 5.78 Å². The van der Waals surface area contributed by atoms with E-state index in [1.54, 1.807) is 18.3 Å². The Labute approximate surface area is 111 Å². The molecule has 1 N–H and O–H groups in total. The Hall–Kier alpha value is -1.68. The monoisotopic (exact) mass is 261 g/mol. The molecule has 0 atom stereocenters. The van der Waals surface area contributed by atoms with Gasteiger partial charge in [-0.25, -0.2) is 0 Å². The number of aromatic amines is 1. The van der Waals surface area contributed by atoms with Crippen LogP contribution in [0, 0.1) is 0 Å². The molecule has 18 heavy (non-hydrogen) atoms. The molecule has 0 fully saturated rings. The molecule has 0 aliphatic heterocycles. The smallest absolute Gasteiger partial charge is 0.195 e. The van der Waals surface area contributed by atoms with Crippen molar-refractivity contribution in [2.75, 3.05) is 12.9 Å². The quantitative estimate of drug-likeness (QED) is 0.663. The average Bonchev–Trinajstić information content (AvgIpc) is 2.87. The molecule has 3 nitrogen and oxygen atoms in total. The molecule has 1 heterocycles. The predicted molar refractivity (Wildman–Crippen MR) is 73.6 cm³/mol. The molecule has 0 unspecified atom stereocenters. The minimum atomic E-state index is 0.0312. The van der Waals surface area contributed by atoms with Crippen LogP contribution in [0.2, 0.25) is 0 Å². The fraction of sp³-hybridized carbons (Fsp3) is 0.214. The van der Waals surface area contributed by atoms with Crippen molar-refractivity contribution in [1.82, 2.24) is 4.98 Å². The van der Waals surface area contributed by atoms with Gasteiger partial charge in [-0.15, -0.1) is 11.8 Å². The van der Waals surface area contributed by atoms with Crippen molar-refractivity contribution in [3.05, 3.63) is 47.7 Å². The first-order valence-corrected chi connectivity index (χ1v) is 6.97. The number of carbonyl (C=O) groups excluding carboxylic acids is 1. The lowest BCUT2D eigenvalue weighted by atomic mass is 10.1. The van der Waals surface area contributed by atoms with Gasteiger partial charge >= 0.3 is 0 Å². The van der Waals surface area contributed by atoms with E-state index in [2.05, 4.69) is 4.98 Å². The van der Waals surface area contributed by atoms with Gasteiger partial charge in [0.15, 0.2) is 5.78 Å². The lowest BCUT2D eigenvalue weighted by Gasteiger charge is -2.04. The van der Waals surface area contributed by atoms with Crippen LogP contribution in [0.4, 0.5) is 0 Å². The van der Waals surface area contributed by atoms with E-state index in [1.807, 2.05) is 31.4 Å². The van der Waals surface area contributed by atoms with E-state index in [0.717, 1.165) is 10.8 Å². The highest BCUT2D eigenvalue weighted by atomic mass is 32.2. The van der Waals surface area contributed by atoms with Crippen molar-refractivity contribution in [3.63, 3.8) is 0 Å². The van der Waals surface area contributed by atoms with Crippen LogP contribution >= 0.6 is 11.8 Å². The van der Waals surface area contributed by atoms with Gasteiger partial charge in [-0.2, -0.15) is 0 Å². The molecular formula is C14H15NO2S. The number of carbonyl (C=O) groups is 1. The minimum absolute atomic E-state index is 0.0312. The summed E-state index contributed by atoms with van der Waals surface area (Å²) in [5.74, 6) is 0.817. The summed E-state index contributed by atoms with van der Waals surface area (Å²) < 4.78 is 5.35. The van der Waals surface area contributed by atoms with E-state index < -0.39 is 0 Å². The normalized spacial score (nSPS) is 10.3. The second-order valence-electron chi connectivity index (χ2n) is 3.71. The third-order valence-corrected chi connectivity index (χ3v) is 3.33. The highest BCUT2D eigenvalue weighted by Gasteiger charge is 2.14. The van der Waals surface area contributed by atoms with E-state index in [0.29, 0.717) is 17.7 Å². The van der Waals surface area contributed by atoms with Gasteiger partial charge in [0.1, 0.15) is 5.75 Å². The first-order valence-electron chi connectivity index (χ1n) is 5.75. The van der Waals surface area contributed by atoms with Gasteiger partial charge in [-0.1, -0.05) is 0 Å². The SMILES string of the molecule is CCOc1ccc(C(=O)c2cc[nH]c2SC)cc1. The Balaban J connectivity index is 2.23. The topological polar surface area (TPSA) is 42.1 Å². The van der Waals surface area contributed by atoms with Crippen molar-refractivity contribution < 1.29 is 9.53 Å². The number of rotatable bonds is 5. The Kier molecular flexibility index (Phi) is 4.10. The minimum Gasteiger partial charge on any atom is -0.494 e. The summed E-state index contributed by atoms with van der Waals surface area (Å²) in [6.07, 6.45) is 3.73. The van der Waals surface area contributed by atoms with Crippen molar-refractivity contribution in [2.45, 2.75) is 11.9 Å². The molecule has 0 bridgehead atoms. The first-order chi connectivity index (χ1) is 8.76. The average molecular weight is 261 g/mol. The number of thioether (sulfide) groups is 1. The third-order valence-electron chi connectivity index (χ3n) is 2.59. The number of hydrogen-bond acceptors (Lipinski definition) is 3. The number of ether oxygens (including phenoxy) is 1. The van der Waals surface area contributed by atoms with Crippen LogP contribution in [-0.4, -0.2) is 23.6 Å². The van der Waals surface area contributed by atoms with Gasteiger partial charge in [0.05, 0.1) is 17.2 Å². The van der Waals surface area contributed by atoms with Gasteiger partial charge in [0.2, 0.25) is 0 Å². The van der Waals surface area contributed by atoms with Crippen LogP contribution < -0.4 is 4.74 Å². The van der Waals surface area contributed by atoms with Crippen molar-refractivity contribution in [2.24, 2.45) is 0 Å². The Morgan fingerprint density at radius 1 is 1.28 bits per heavy atom. The first kappa shape index (κ1) is 12.8. The Bertz CT molecular complexity index is 531. The predicted octanol–water partition coefficient (Wildman–Crippen LogP) is 3.37. The molecule has 0 amide bonds. The standard InChI is InChI=1S/C14H15NO2S/c1-3-17-11-6-4-10(5-7-11)13(16)12-8-9-15-14(12)18-2/h4-9,15H,3H2,1-2H3. The zero-order valence-electron chi connectivity index (χ0n) is 10.4. The molecule has 0 saturated carbocycles. The number of hydrogen-bond donors (Lipinski definition) is 1. The summed E-state index contributed by atoms with van der Waals surface area (Å²) in [6, 6.07) is 9.05. The zero-order valence-corrected chi connectivity index (χ0v) is 11.2. The summed E-state index contributed by atoms with van der Waals surface area (Å²) in [5.41, 5.74) is 1.39. The molecule has 0 spiro atoms. The van der Waals surface area contributed by atoms with Gasteiger partial charge in [-0.05, 0) is 43.5 Å². The number of H-pyrrole nitrogens is 1. The third kappa shape index (κ3) is 2.59. The highest BCUT2D eigenvalue weighted by Crippen LogP contribution is 2.22. The molecule has 94 valence electrons. The van der Waals surface area contributed by atoms with Crippen molar-refractivity contribution in [3.8, 4) is 5.75 Å². The fourth-order valence-electron chi connectivity index (χ4n) is 1.73. The summed E-state index contributed by atoms with van der Waals surface area (Å²) in [5, 5.41) is 0.897. The molecule has 2 rings (SSSR count). The van der Waals surface area contributed by atoms with E-state index >= 15 is 0 Å². The maximum Gasteiger partial charge on any atom is 0.195 e. The van der Waals surface area contributed by atoms with Gasteiger partial charge in [0.25, 0.3) is 0 Å². The molecule has 0 aliphatic carbocycles. The van der Waals surface area contributed by atoms with Gasteiger partial charge in [0, 0.05) is 11.8 Å². The van der Waals surface area contributed by atoms with Gasteiger partial charge in [-0.3, -0.25) is 4.79 Å². The van der Waals surface area contributed by atoms with Crippen molar-refractivity contribution in [1.29, 1.82) is 0 Å². The van der Waals surface area contributed by atoms with Crippen LogP contribution in [-0.2, 0) is 0 Å². The van der Waals surface area contributed by atoms with Crippen LogP contribution in [0.25, 0.3) is 0 Å². The maximum absolute atomic E-state index is 12.3. The van der Waals surface area contributed by atoms with Crippen LogP contribution in [0.3, 0.4) is 0 Å². The molecule has 4 heteroatoms. The summed E-state index contributed by atoms with van der Waals surface area (Å²) in [4.78, 5) is 15.3. The molecular weight excluding hydrogens is 246 g/mol. The van der Waals surface area contributed by atoms with Crippen LogP contribution in [0.5, 0.6) is 5.75 Å². The number of aromatic nitrogens is 1. The lowest BCUT2D eigenvalue weighted by molar-refractivity contribution is 0.103. The van der Waals surface area contributed by atoms with Crippen LogP contribution in [0.15, 0.2) is 41.6 Å². The molecule has 0 aliphatic rings. The molecule has 0 saturated heterocycles. The van der Waals surface area contributed by atoms with E-state index in [9.17, 15) is 4.79 Å². The summed E-state index contributed by atoms with van der Waals surface area (Å²) in [6.45, 7) is 2.56. The molecule has 1 aromatic carbocycles. The van der Waals surface area contributed by atoms with Gasteiger partial charge < -0.3 is 9.72 Å². The number of ketones is 1. The number of nitrogens with one attached hydrogen (secondary N) is 1. The van der Waals surface area contributed by atoms with E-state index in [1.165, 1.54) is 11.8 Å². The lowest BCUT2D eigenvalue weighted by Crippen LogP contribution is -2.01. The highest BCUT2D eigenvalue weighted by molar-refractivity contribution is 7.98. The summed E-state index contributed by atoms with van der Waals surface area (Å²) in [7, 11) is 0. The summed E-state index contributed by atoms with van der Waals surface area (Å²) >= 11 is 1.54. The maximum atomic E-state index is 12.3. The molecule has 1 aromatic heterocycles. The second kappa shape index (κ2) is 5.78. The Morgan fingerprint density at radius 3 is 2.61 bits per heavy atom. The fourth-order valence-corrected chi connectivity index (χ4v) is 2.29. The van der Waals surface area contributed by atoms with Crippen molar-refractivity contribution >= 4 is 17.5 Å². The Morgan fingerprint density at radius 2 is 2.00 bits per heavy atom. The second-order valence-corrected chi connectivity index (χ2v) is 4.53. The zero-order chi connectivity index (χ0) is 13.0. The largest absolute Gasteiger partial charge is 0.494 e. The molecule has 0 radical (unpaired) electrons. The van der Waals surface area contributed by atoms with E-state index in [4.69, 9.17) is 4.74 Å². The molecule has 2 aromatic rings. The number of benzene rings is 1. The van der Waals surface area contributed by atoms with Crippen LogP contribution in [0.1, 0.15) is 22.8 Å².